The molecule has 0 aliphatic rings. The number of hydrogen-bond donors (Lipinski definition) is 1. The van der Waals surface area contributed by atoms with Crippen LogP contribution in [0.5, 0.6) is 5.75 Å². The molecule has 0 fully saturated rings. The molecule has 0 aliphatic heterocycles. The Labute approximate surface area is 118 Å². The summed E-state index contributed by atoms with van der Waals surface area (Å²) < 4.78 is 18.3. The summed E-state index contributed by atoms with van der Waals surface area (Å²) in [5, 5.41) is 10.1. The van der Waals surface area contributed by atoms with E-state index < -0.39 is 6.10 Å². The molecule has 20 heavy (non-hydrogen) atoms. The van der Waals surface area contributed by atoms with Gasteiger partial charge in [0.25, 0.3) is 0 Å². The predicted octanol–water partition coefficient (Wildman–Crippen LogP) is 3.29. The third-order valence-electron chi connectivity index (χ3n) is 3.40. The van der Waals surface area contributed by atoms with Crippen LogP contribution in [-0.2, 0) is 12.8 Å². The average Bonchev–Trinajstić information content (AvgIpc) is 2.43. The molecular formula is C17H19FO2. The molecule has 2 rings (SSSR count). The second-order valence-corrected chi connectivity index (χ2v) is 4.98. The highest BCUT2D eigenvalue weighted by atomic mass is 19.1. The van der Waals surface area contributed by atoms with Crippen molar-refractivity contribution in [3.8, 4) is 5.75 Å². The van der Waals surface area contributed by atoms with Crippen LogP contribution in [0.25, 0.3) is 0 Å². The van der Waals surface area contributed by atoms with Gasteiger partial charge in [0.2, 0.25) is 0 Å². The van der Waals surface area contributed by atoms with E-state index in [9.17, 15) is 9.50 Å². The number of aliphatic hydroxyl groups excluding tert-OH is 1. The van der Waals surface area contributed by atoms with E-state index in [0.717, 1.165) is 22.4 Å². The first-order chi connectivity index (χ1) is 9.58. The van der Waals surface area contributed by atoms with Crippen LogP contribution in [0.1, 0.15) is 16.7 Å². The van der Waals surface area contributed by atoms with E-state index >= 15 is 0 Å². The summed E-state index contributed by atoms with van der Waals surface area (Å²) in [6, 6.07) is 12.3. The van der Waals surface area contributed by atoms with Gasteiger partial charge in [0, 0.05) is 0 Å². The van der Waals surface area contributed by atoms with Crippen molar-refractivity contribution in [2.24, 2.45) is 0 Å². The number of aryl methyl sites for hydroxylation is 1. The van der Waals surface area contributed by atoms with Crippen LogP contribution >= 0.6 is 0 Å². The Morgan fingerprint density at radius 2 is 1.80 bits per heavy atom. The van der Waals surface area contributed by atoms with E-state index in [2.05, 4.69) is 0 Å². The average molecular weight is 274 g/mol. The molecule has 1 atom stereocenters. The molecule has 0 saturated heterocycles. The first kappa shape index (κ1) is 14.5. The lowest BCUT2D eigenvalue weighted by atomic mass is 9.98. The van der Waals surface area contributed by atoms with Gasteiger partial charge in [-0.15, -0.1) is 0 Å². The molecule has 2 aromatic carbocycles. The van der Waals surface area contributed by atoms with Crippen LogP contribution in [0.3, 0.4) is 0 Å². The van der Waals surface area contributed by atoms with Gasteiger partial charge < -0.3 is 9.84 Å². The summed E-state index contributed by atoms with van der Waals surface area (Å²) in [4.78, 5) is 0. The van der Waals surface area contributed by atoms with E-state index in [1.165, 1.54) is 12.1 Å². The molecule has 0 saturated carbocycles. The quantitative estimate of drug-likeness (QED) is 0.906. The molecule has 2 nitrogen and oxygen atoms in total. The minimum absolute atomic E-state index is 0.262. The third kappa shape index (κ3) is 3.81. The van der Waals surface area contributed by atoms with Crippen molar-refractivity contribution in [3.05, 3.63) is 65.0 Å². The Kier molecular flexibility index (Phi) is 4.74. The smallest absolute Gasteiger partial charge is 0.123 e. The van der Waals surface area contributed by atoms with Crippen molar-refractivity contribution < 1.29 is 14.2 Å². The van der Waals surface area contributed by atoms with Crippen LogP contribution in [0, 0.1) is 12.7 Å². The van der Waals surface area contributed by atoms with E-state index in [1.54, 1.807) is 13.2 Å². The maximum Gasteiger partial charge on any atom is 0.123 e. The van der Waals surface area contributed by atoms with Crippen LogP contribution < -0.4 is 4.74 Å². The zero-order valence-corrected chi connectivity index (χ0v) is 11.8. The van der Waals surface area contributed by atoms with Crippen LogP contribution in [0.4, 0.5) is 4.39 Å². The number of ether oxygens (including phenoxy) is 1. The number of methoxy groups -OCH3 is 1. The SMILES string of the molecule is COc1ccc(CC(O)Cc2cc(F)ccc2C)cc1. The molecule has 0 amide bonds. The van der Waals surface area contributed by atoms with Crippen molar-refractivity contribution in [1.82, 2.24) is 0 Å². The highest BCUT2D eigenvalue weighted by Crippen LogP contribution is 2.16. The van der Waals surface area contributed by atoms with Crippen molar-refractivity contribution in [2.75, 3.05) is 7.11 Å². The van der Waals surface area contributed by atoms with Gasteiger partial charge in [-0.05, 0) is 60.7 Å². The molecular weight excluding hydrogens is 255 g/mol. The number of hydrogen-bond acceptors (Lipinski definition) is 2. The van der Waals surface area contributed by atoms with E-state index in [-0.39, 0.29) is 5.82 Å². The standard InChI is InChI=1S/C17H19FO2/c1-12-3-6-15(18)10-14(12)11-16(19)9-13-4-7-17(20-2)8-5-13/h3-8,10,16,19H,9,11H2,1-2H3. The number of halogens is 1. The second-order valence-electron chi connectivity index (χ2n) is 4.98. The van der Waals surface area contributed by atoms with Crippen molar-refractivity contribution >= 4 is 0 Å². The van der Waals surface area contributed by atoms with Crippen LogP contribution in [-0.4, -0.2) is 18.3 Å². The molecule has 106 valence electrons. The Hall–Kier alpha value is -1.87. The highest BCUT2D eigenvalue weighted by molar-refractivity contribution is 5.29. The van der Waals surface area contributed by atoms with E-state index in [4.69, 9.17) is 4.74 Å². The largest absolute Gasteiger partial charge is 0.497 e. The minimum atomic E-state index is -0.524. The van der Waals surface area contributed by atoms with E-state index in [0.29, 0.717) is 12.8 Å². The second kappa shape index (κ2) is 6.53. The summed E-state index contributed by atoms with van der Waals surface area (Å²) in [5.41, 5.74) is 2.89. The summed E-state index contributed by atoms with van der Waals surface area (Å²) in [5.74, 6) is 0.534. The Balaban J connectivity index is 2.00. The lowest BCUT2D eigenvalue weighted by Crippen LogP contribution is -2.14. The molecule has 0 spiro atoms. The lowest BCUT2D eigenvalue weighted by molar-refractivity contribution is 0.175. The number of benzene rings is 2. The van der Waals surface area contributed by atoms with Crippen LogP contribution in [0.2, 0.25) is 0 Å². The predicted molar refractivity (Wildman–Crippen MR) is 77.5 cm³/mol. The maximum absolute atomic E-state index is 13.2. The summed E-state index contributed by atoms with van der Waals surface area (Å²) >= 11 is 0. The zero-order valence-electron chi connectivity index (χ0n) is 11.8. The first-order valence-corrected chi connectivity index (χ1v) is 6.64. The van der Waals surface area contributed by atoms with Gasteiger partial charge in [-0.1, -0.05) is 18.2 Å². The fourth-order valence-corrected chi connectivity index (χ4v) is 2.22. The van der Waals surface area contributed by atoms with Gasteiger partial charge in [0.15, 0.2) is 0 Å². The van der Waals surface area contributed by atoms with Gasteiger partial charge in [-0.2, -0.15) is 0 Å². The maximum atomic E-state index is 13.2. The van der Waals surface area contributed by atoms with Gasteiger partial charge >= 0.3 is 0 Å². The molecule has 2 aromatic rings. The van der Waals surface area contributed by atoms with Gasteiger partial charge in [0.05, 0.1) is 13.2 Å². The number of rotatable bonds is 5. The number of aliphatic hydroxyl groups is 1. The molecule has 1 unspecified atom stereocenters. The van der Waals surface area contributed by atoms with Crippen molar-refractivity contribution in [1.29, 1.82) is 0 Å². The molecule has 0 bridgehead atoms. The summed E-state index contributed by atoms with van der Waals surface area (Å²) in [7, 11) is 1.62. The van der Waals surface area contributed by atoms with Gasteiger partial charge in [0.1, 0.15) is 11.6 Å². The highest BCUT2D eigenvalue weighted by Gasteiger charge is 2.10. The lowest BCUT2D eigenvalue weighted by Gasteiger charge is -2.13. The molecule has 0 aliphatic carbocycles. The molecule has 1 N–H and O–H groups in total. The third-order valence-corrected chi connectivity index (χ3v) is 3.40. The summed E-state index contributed by atoms with van der Waals surface area (Å²) in [6.45, 7) is 1.93. The Bertz CT molecular complexity index is 564. The normalized spacial score (nSPS) is 12.2. The Morgan fingerprint density at radius 3 is 2.45 bits per heavy atom. The Morgan fingerprint density at radius 1 is 1.10 bits per heavy atom. The molecule has 3 heteroatoms. The summed E-state index contributed by atoms with van der Waals surface area (Å²) in [6.07, 6.45) is 0.471. The van der Waals surface area contributed by atoms with Crippen molar-refractivity contribution in [2.45, 2.75) is 25.9 Å². The van der Waals surface area contributed by atoms with Crippen molar-refractivity contribution in [3.63, 3.8) is 0 Å². The fraction of sp³-hybridized carbons (Fsp3) is 0.294. The first-order valence-electron chi connectivity index (χ1n) is 6.64. The molecule has 0 heterocycles. The van der Waals surface area contributed by atoms with Gasteiger partial charge in [-0.25, -0.2) is 4.39 Å². The van der Waals surface area contributed by atoms with E-state index in [1.807, 2.05) is 31.2 Å². The zero-order chi connectivity index (χ0) is 14.5. The molecule has 0 radical (unpaired) electrons. The fourth-order valence-electron chi connectivity index (χ4n) is 2.22. The minimum Gasteiger partial charge on any atom is -0.497 e. The topological polar surface area (TPSA) is 29.5 Å². The van der Waals surface area contributed by atoms with Crippen LogP contribution in [0.15, 0.2) is 42.5 Å². The monoisotopic (exact) mass is 274 g/mol. The molecule has 0 aromatic heterocycles. The van der Waals surface area contributed by atoms with Gasteiger partial charge in [-0.3, -0.25) is 0 Å².